The summed E-state index contributed by atoms with van der Waals surface area (Å²) in [5, 5.41) is 19.4. The van der Waals surface area contributed by atoms with Gasteiger partial charge in [0.1, 0.15) is 0 Å². The summed E-state index contributed by atoms with van der Waals surface area (Å²) < 4.78 is 26.3. The molecule has 0 saturated carbocycles. The standard InChI is InChI=1S/C12H15N3O4S/c1-2-11(7-8-13)14-20(18,19)9-10-5-3-4-6-12(10)15(16)17/h3-6,11,14H,2,7,9H2,1H3. The molecule has 8 heteroatoms. The molecule has 1 aromatic carbocycles. The van der Waals surface area contributed by atoms with Gasteiger partial charge in [-0.2, -0.15) is 5.26 Å². The zero-order valence-electron chi connectivity index (χ0n) is 10.9. The van der Waals surface area contributed by atoms with Crippen molar-refractivity contribution in [1.29, 1.82) is 5.26 Å². The van der Waals surface area contributed by atoms with Gasteiger partial charge in [-0.3, -0.25) is 10.1 Å². The lowest BCUT2D eigenvalue weighted by Gasteiger charge is -2.13. The molecule has 20 heavy (non-hydrogen) atoms. The number of hydrogen-bond acceptors (Lipinski definition) is 5. The second-order valence-electron chi connectivity index (χ2n) is 4.23. The fraction of sp³-hybridized carbons (Fsp3) is 0.417. The lowest BCUT2D eigenvalue weighted by Crippen LogP contribution is -2.35. The first-order chi connectivity index (χ1) is 9.39. The van der Waals surface area contributed by atoms with E-state index in [9.17, 15) is 18.5 Å². The second kappa shape index (κ2) is 6.98. The smallest absolute Gasteiger partial charge is 0.258 e. The third-order valence-corrected chi connectivity index (χ3v) is 4.09. The van der Waals surface area contributed by atoms with Gasteiger partial charge in [-0.15, -0.1) is 0 Å². The van der Waals surface area contributed by atoms with Crippen molar-refractivity contribution in [3.05, 3.63) is 39.9 Å². The van der Waals surface area contributed by atoms with E-state index in [1.165, 1.54) is 18.2 Å². The number of rotatable bonds is 7. The van der Waals surface area contributed by atoms with Crippen LogP contribution in [-0.2, 0) is 15.8 Å². The summed E-state index contributed by atoms with van der Waals surface area (Å²) in [6.07, 6.45) is 0.538. The highest BCUT2D eigenvalue weighted by Gasteiger charge is 2.22. The van der Waals surface area contributed by atoms with Crippen LogP contribution in [0.2, 0.25) is 0 Å². The minimum atomic E-state index is -3.73. The first-order valence-corrected chi connectivity index (χ1v) is 7.64. The first-order valence-electron chi connectivity index (χ1n) is 5.99. The SMILES string of the molecule is CCC(CC#N)NS(=O)(=O)Cc1ccccc1[N+](=O)[O-]. The summed E-state index contributed by atoms with van der Waals surface area (Å²) >= 11 is 0. The third kappa shape index (κ3) is 4.60. The van der Waals surface area contributed by atoms with E-state index in [0.29, 0.717) is 6.42 Å². The molecule has 0 amide bonds. The highest BCUT2D eigenvalue weighted by molar-refractivity contribution is 7.88. The Morgan fingerprint density at radius 1 is 1.45 bits per heavy atom. The van der Waals surface area contributed by atoms with Crippen molar-refractivity contribution in [3.63, 3.8) is 0 Å². The zero-order valence-corrected chi connectivity index (χ0v) is 11.8. The maximum atomic E-state index is 12.0. The Morgan fingerprint density at radius 3 is 2.65 bits per heavy atom. The number of nitrogens with zero attached hydrogens (tertiary/aromatic N) is 2. The van der Waals surface area contributed by atoms with E-state index >= 15 is 0 Å². The summed E-state index contributed by atoms with van der Waals surface area (Å²) in [6.45, 7) is 1.76. The average Bonchev–Trinajstić information content (AvgIpc) is 2.37. The molecule has 1 aromatic rings. The van der Waals surface area contributed by atoms with E-state index < -0.39 is 26.7 Å². The Bertz CT molecular complexity index is 622. The molecule has 0 aliphatic heterocycles. The number of nitrogens with one attached hydrogen (secondary N) is 1. The maximum absolute atomic E-state index is 12.0. The summed E-state index contributed by atoms with van der Waals surface area (Å²) in [6, 6.07) is 7.11. The first kappa shape index (κ1) is 16.1. The van der Waals surface area contributed by atoms with Crippen LogP contribution in [-0.4, -0.2) is 19.4 Å². The minimum Gasteiger partial charge on any atom is -0.258 e. The highest BCUT2D eigenvalue weighted by Crippen LogP contribution is 2.20. The number of hydrogen-bond donors (Lipinski definition) is 1. The van der Waals surface area contributed by atoms with Crippen LogP contribution in [0, 0.1) is 21.4 Å². The Morgan fingerprint density at radius 2 is 2.10 bits per heavy atom. The monoisotopic (exact) mass is 297 g/mol. The van der Waals surface area contributed by atoms with E-state index in [2.05, 4.69) is 4.72 Å². The number of nitro groups is 1. The van der Waals surface area contributed by atoms with Crippen LogP contribution in [0.15, 0.2) is 24.3 Å². The Hall–Kier alpha value is -1.98. The number of nitriles is 1. The highest BCUT2D eigenvalue weighted by atomic mass is 32.2. The Kier molecular flexibility index (Phi) is 5.61. The van der Waals surface area contributed by atoms with Gasteiger partial charge in [-0.05, 0) is 6.42 Å². The molecule has 0 saturated heterocycles. The normalized spacial score (nSPS) is 12.6. The van der Waals surface area contributed by atoms with Crippen molar-refractivity contribution >= 4 is 15.7 Å². The van der Waals surface area contributed by atoms with Gasteiger partial charge in [-0.1, -0.05) is 25.1 Å². The number of nitro benzene ring substituents is 1. The Labute approximate surface area is 117 Å². The fourth-order valence-electron chi connectivity index (χ4n) is 1.69. The summed E-state index contributed by atoms with van der Waals surface area (Å²) in [5.41, 5.74) is -0.108. The van der Waals surface area contributed by atoms with E-state index in [-0.39, 0.29) is 17.7 Å². The van der Waals surface area contributed by atoms with Crippen molar-refractivity contribution in [1.82, 2.24) is 4.72 Å². The van der Waals surface area contributed by atoms with Gasteiger partial charge in [0.15, 0.2) is 0 Å². The predicted molar refractivity (Wildman–Crippen MR) is 73.2 cm³/mol. The minimum absolute atomic E-state index is 0.0621. The van der Waals surface area contributed by atoms with Crippen molar-refractivity contribution in [2.24, 2.45) is 0 Å². The molecule has 0 radical (unpaired) electrons. The molecule has 0 aromatic heterocycles. The van der Waals surface area contributed by atoms with Gasteiger partial charge in [-0.25, -0.2) is 13.1 Å². The van der Waals surface area contributed by atoms with Crippen LogP contribution in [0.5, 0.6) is 0 Å². The number of sulfonamides is 1. The van der Waals surface area contributed by atoms with Crippen LogP contribution in [0.4, 0.5) is 5.69 Å². The molecule has 108 valence electrons. The van der Waals surface area contributed by atoms with Crippen molar-refractivity contribution in [3.8, 4) is 6.07 Å². The number of benzene rings is 1. The van der Waals surface area contributed by atoms with E-state index in [0.717, 1.165) is 0 Å². The second-order valence-corrected chi connectivity index (χ2v) is 5.98. The van der Waals surface area contributed by atoms with Crippen molar-refractivity contribution < 1.29 is 13.3 Å². The summed E-state index contributed by atoms with van der Waals surface area (Å²) in [5.74, 6) is -0.480. The van der Waals surface area contributed by atoms with Crippen LogP contribution in [0.1, 0.15) is 25.3 Å². The zero-order chi connectivity index (χ0) is 15.2. The lowest BCUT2D eigenvalue weighted by atomic mass is 10.2. The molecule has 1 unspecified atom stereocenters. The molecular formula is C12H15N3O4S. The number of para-hydroxylation sites is 1. The van der Waals surface area contributed by atoms with Gasteiger partial charge in [0.25, 0.3) is 5.69 Å². The van der Waals surface area contributed by atoms with E-state index in [4.69, 9.17) is 5.26 Å². The molecule has 0 bridgehead atoms. The largest absolute Gasteiger partial charge is 0.273 e. The third-order valence-electron chi connectivity index (χ3n) is 2.71. The van der Waals surface area contributed by atoms with Crippen LogP contribution >= 0.6 is 0 Å². The lowest BCUT2D eigenvalue weighted by molar-refractivity contribution is -0.385. The molecule has 1 N–H and O–H groups in total. The molecule has 0 spiro atoms. The van der Waals surface area contributed by atoms with E-state index in [1.54, 1.807) is 13.0 Å². The topological polar surface area (TPSA) is 113 Å². The maximum Gasteiger partial charge on any atom is 0.273 e. The van der Waals surface area contributed by atoms with E-state index in [1.807, 2.05) is 6.07 Å². The molecule has 0 aliphatic rings. The molecule has 0 heterocycles. The molecule has 0 aliphatic carbocycles. The van der Waals surface area contributed by atoms with Gasteiger partial charge in [0.2, 0.25) is 10.0 Å². The van der Waals surface area contributed by atoms with Crippen molar-refractivity contribution in [2.45, 2.75) is 31.6 Å². The predicted octanol–water partition coefficient (Wildman–Crippen LogP) is 1.71. The molecule has 1 rings (SSSR count). The molecule has 7 nitrogen and oxygen atoms in total. The van der Waals surface area contributed by atoms with Gasteiger partial charge in [0, 0.05) is 17.7 Å². The summed E-state index contributed by atoms with van der Waals surface area (Å²) in [4.78, 5) is 10.2. The van der Waals surface area contributed by atoms with Crippen LogP contribution < -0.4 is 4.72 Å². The van der Waals surface area contributed by atoms with Gasteiger partial charge >= 0.3 is 0 Å². The van der Waals surface area contributed by atoms with Crippen LogP contribution in [0.3, 0.4) is 0 Å². The fourth-order valence-corrected chi connectivity index (χ4v) is 3.19. The quantitative estimate of drug-likeness (QED) is 0.608. The van der Waals surface area contributed by atoms with Crippen LogP contribution in [0.25, 0.3) is 0 Å². The Balaban J connectivity index is 2.92. The van der Waals surface area contributed by atoms with Crippen molar-refractivity contribution in [2.75, 3.05) is 0 Å². The van der Waals surface area contributed by atoms with Gasteiger partial charge < -0.3 is 0 Å². The summed E-state index contributed by atoms with van der Waals surface area (Å²) in [7, 11) is -3.73. The molecule has 1 atom stereocenters. The molecule has 0 fully saturated rings. The average molecular weight is 297 g/mol. The molecular weight excluding hydrogens is 282 g/mol. The van der Waals surface area contributed by atoms with Gasteiger partial charge in [0.05, 0.1) is 23.2 Å².